The van der Waals surface area contributed by atoms with Crippen LogP contribution in [0.15, 0.2) is 18.2 Å². The van der Waals surface area contributed by atoms with Crippen LogP contribution in [0, 0.1) is 16.0 Å². The van der Waals surface area contributed by atoms with E-state index in [9.17, 15) is 10.1 Å². The monoisotopic (exact) mass is 278 g/mol. The molecular weight excluding hydrogens is 256 g/mol. The fourth-order valence-corrected chi connectivity index (χ4v) is 2.92. The predicted octanol–water partition coefficient (Wildman–Crippen LogP) is 3.98. The Morgan fingerprint density at radius 2 is 2.15 bits per heavy atom. The van der Waals surface area contributed by atoms with E-state index in [4.69, 9.17) is 4.74 Å². The van der Waals surface area contributed by atoms with Gasteiger partial charge in [0.2, 0.25) is 0 Å². The molecule has 0 amide bonds. The van der Waals surface area contributed by atoms with Crippen molar-refractivity contribution in [3.8, 4) is 5.75 Å². The quantitative estimate of drug-likeness (QED) is 0.631. The molecule has 0 aromatic heterocycles. The SMILES string of the molecule is CCOc1cccc(NC(C)C2CCCC2)c1[N+](=O)[O-]. The van der Waals surface area contributed by atoms with Crippen molar-refractivity contribution in [2.75, 3.05) is 11.9 Å². The summed E-state index contributed by atoms with van der Waals surface area (Å²) in [7, 11) is 0. The second-order valence-electron chi connectivity index (χ2n) is 5.32. The van der Waals surface area contributed by atoms with Crippen LogP contribution in [0.25, 0.3) is 0 Å². The van der Waals surface area contributed by atoms with Crippen LogP contribution < -0.4 is 10.1 Å². The lowest BCUT2D eigenvalue weighted by molar-refractivity contribution is -0.385. The Labute approximate surface area is 119 Å². The van der Waals surface area contributed by atoms with Crippen molar-refractivity contribution < 1.29 is 9.66 Å². The first-order valence-electron chi connectivity index (χ1n) is 7.30. The van der Waals surface area contributed by atoms with Gasteiger partial charge in [0.05, 0.1) is 11.5 Å². The Morgan fingerprint density at radius 3 is 2.75 bits per heavy atom. The Balaban J connectivity index is 2.21. The zero-order chi connectivity index (χ0) is 14.5. The molecule has 0 spiro atoms. The molecule has 0 aliphatic heterocycles. The maximum atomic E-state index is 11.3. The first kappa shape index (κ1) is 14.6. The fourth-order valence-electron chi connectivity index (χ4n) is 2.92. The molecule has 1 unspecified atom stereocenters. The van der Waals surface area contributed by atoms with Gasteiger partial charge in [0.15, 0.2) is 5.75 Å². The number of para-hydroxylation sites is 1. The Bertz CT molecular complexity index is 470. The van der Waals surface area contributed by atoms with E-state index in [1.54, 1.807) is 18.2 Å². The van der Waals surface area contributed by atoms with Gasteiger partial charge in [-0.15, -0.1) is 0 Å². The van der Waals surface area contributed by atoms with Crippen LogP contribution in [0.5, 0.6) is 5.75 Å². The van der Waals surface area contributed by atoms with Crippen molar-refractivity contribution in [2.24, 2.45) is 5.92 Å². The largest absolute Gasteiger partial charge is 0.487 e. The van der Waals surface area contributed by atoms with Crippen LogP contribution in [0.2, 0.25) is 0 Å². The van der Waals surface area contributed by atoms with Gasteiger partial charge < -0.3 is 10.1 Å². The third-order valence-electron chi connectivity index (χ3n) is 3.97. The molecule has 1 aromatic carbocycles. The maximum Gasteiger partial charge on any atom is 0.333 e. The second-order valence-corrected chi connectivity index (χ2v) is 5.32. The zero-order valence-electron chi connectivity index (χ0n) is 12.1. The van der Waals surface area contributed by atoms with Crippen LogP contribution in [-0.4, -0.2) is 17.6 Å². The van der Waals surface area contributed by atoms with Gasteiger partial charge in [-0.25, -0.2) is 0 Å². The van der Waals surface area contributed by atoms with Gasteiger partial charge in [-0.3, -0.25) is 10.1 Å². The number of anilines is 1. The number of nitrogens with zero attached hydrogens (tertiary/aromatic N) is 1. The molecule has 110 valence electrons. The minimum absolute atomic E-state index is 0.0409. The molecule has 5 heteroatoms. The summed E-state index contributed by atoms with van der Waals surface area (Å²) < 4.78 is 5.36. The summed E-state index contributed by atoms with van der Waals surface area (Å²) in [4.78, 5) is 10.9. The van der Waals surface area contributed by atoms with E-state index in [0.717, 1.165) is 0 Å². The van der Waals surface area contributed by atoms with E-state index < -0.39 is 0 Å². The van der Waals surface area contributed by atoms with Gasteiger partial charge in [0, 0.05) is 6.04 Å². The molecule has 1 saturated carbocycles. The molecule has 1 aromatic rings. The van der Waals surface area contributed by atoms with E-state index >= 15 is 0 Å². The minimum Gasteiger partial charge on any atom is -0.487 e. The van der Waals surface area contributed by atoms with Crippen LogP contribution in [0.4, 0.5) is 11.4 Å². The fraction of sp³-hybridized carbons (Fsp3) is 0.600. The molecular formula is C15H22N2O3. The molecule has 0 radical (unpaired) electrons. The van der Waals surface area contributed by atoms with Crippen molar-refractivity contribution in [3.63, 3.8) is 0 Å². The lowest BCUT2D eigenvalue weighted by atomic mass is 9.99. The Hall–Kier alpha value is -1.78. The lowest BCUT2D eigenvalue weighted by Crippen LogP contribution is -2.24. The van der Waals surface area contributed by atoms with Crippen molar-refractivity contribution >= 4 is 11.4 Å². The molecule has 0 saturated heterocycles. The summed E-state index contributed by atoms with van der Waals surface area (Å²) in [5, 5.41) is 14.6. The smallest absolute Gasteiger partial charge is 0.333 e. The summed E-state index contributed by atoms with van der Waals surface area (Å²) in [5.74, 6) is 0.937. The van der Waals surface area contributed by atoms with Crippen molar-refractivity contribution in [3.05, 3.63) is 28.3 Å². The van der Waals surface area contributed by atoms with E-state index in [1.165, 1.54) is 25.7 Å². The average Bonchev–Trinajstić information content (AvgIpc) is 2.92. The van der Waals surface area contributed by atoms with E-state index in [0.29, 0.717) is 24.0 Å². The normalized spacial score (nSPS) is 16.9. The number of hydrogen-bond acceptors (Lipinski definition) is 4. The number of rotatable bonds is 6. The molecule has 1 atom stereocenters. The maximum absolute atomic E-state index is 11.3. The first-order chi connectivity index (χ1) is 9.63. The summed E-state index contributed by atoms with van der Waals surface area (Å²) in [6, 6.07) is 5.44. The molecule has 1 fully saturated rings. The summed E-state index contributed by atoms with van der Waals surface area (Å²) in [6.07, 6.45) is 4.93. The van der Waals surface area contributed by atoms with Gasteiger partial charge in [0.25, 0.3) is 0 Å². The predicted molar refractivity (Wildman–Crippen MR) is 79.3 cm³/mol. The van der Waals surface area contributed by atoms with Gasteiger partial charge in [-0.1, -0.05) is 18.9 Å². The molecule has 1 aliphatic carbocycles. The molecule has 0 heterocycles. The number of hydrogen-bond donors (Lipinski definition) is 1. The number of nitro groups is 1. The summed E-state index contributed by atoms with van der Waals surface area (Å²) in [6.45, 7) is 4.35. The van der Waals surface area contributed by atoms with Gasteiger partial charge in [0.1, 0.15) is 5.69 Å². The van der Waals surface area contributed by atoms with Crippen LogP contribution in [0.1, 0.15) is 39.5 Å². The van der Waals surface area contributed by atoms with Gasteiger partial charge in [-0.2, -0.15) is 0 Å². The van der Waals surface area contributed by atoms with Crippen molar-refractivity contribution in [2.45, 2.75) is 45.6 Å². The number of nitrogens with one attached hydrogen (secondary N) is 1. The zero-order valence-corrected chi connectivity index (χ0v) is 12.1. The molecule has 2 rings (SSSR count). The Morgan fingerprint density at radius 1 is 1.45 bits per heavy atom. The molecule has 20 heavy (non-hydrogen) atoms. The summed E-state index contributed by atoms with van der Waals surface area (Å²) >= 11 is 0. The molecule has 0 bridgehead atoms. The number of ether oxygens (including phenoxy) is 1. The van der Waals surface area contributed by atoms with Crippen molar-refractivity contribution in [1.29, 1.82) is 0 Å². The average molecular weight is 278 g/mol. The van der Waals surface area contributed by atoms with E-state index in [-0.39, 0.29) is 16.7 Å². The van der Waals surface area contributed by atoms with Crippen LogP contribution >= 0.6 is 0 Å². The first-order valence-corrected chi connectivity index (χ1v) is 7.30. The molecule has 1 aliphatic rings. The third-order valence-corrected chi connectivity index (χ3v) is 3.97. The highest BCUT2D eigenvalue weighted by Crippen LogP contribution is 2.37. The standard InChI is InChI=1S/C15H22N2O3/c1-3-20-14-10-6-9-13(15(14)17(18)19)16-11(2)12-7-4-5-8-12/h6,9-12,16H,3-5,7-8H2,1-2H3. The molecule has 5 nitrogen and oxygen atoms in total. The number of nitro benzene ring substituents is 1. The topological polar surface area (TPSA) is 64.4 Å². The highest BCUT2D eigenvalue weighted by molar-refractivity contribution is 5.68. The second kappa shape index (κ2) is 6.59. The number of benzene rings is 1. The lowest BCUT2D eigenvalue weighted by Gasteiger charge is -2.21. The third kappa shape index (κ3) is 3.21. The highest BCUT2D eigenvalue weighted by atomic mass is 16.6. The minimum atomic E-state index is -0.366. The van der Waals surface area contributed by atoms with Gasteiger partial charge >= 0.3 is 5.69 Å². The van der Waals surface area contributed by atoms with Crippen LogP contribution in [-0.2, 0) is 0 Å². The van der Waals surface area contributed by atoms with E-state index in [2.05, 4.69) is 12.2 Å². The highest BCUT2D eigenvalue weighted by Gasteiger charge is 2.26. The van der Waals surface area contributed by atoms with Crippen LogP contribution in [0.3, 0.4) is 0 Å². The molecule has 1 N–H and O–H groups in total. The summed E-state index contributed by atoms with van der Waals surface area (Å²) in [5.41, 5.74) is 0.597. The van der Waals surface area contributed by atoms with E-state index in [1.807, 2.05) is 6.92 Å². The van der Waals surface area contributed by atoms with Gasteiger partial charge in [-0.05, 0) is 44.7 Å². The Kier molecular flexibility index (Phi) is 4.82. The van der Waals surface area contributed by atoms with Crippen molar-refractivity contribution in [1.82, 2.24) is 0 Å².